The average Bonchev–Trinajstić information content (AvgIpc) is 2.71. The summed E-state index contributed by atoms with van der Waals surface area (Å²) in [6, 6.07) is 8.52. The maximum absolute atomic E-state index is 13.0. The minimum absolute atomic E-state index is 0.0459. The predicted octanol–water partition coefficient (Wildman–Crippen LogP) is 3.28. The standard InChI is InChI=1S/C18H8Cl2F3N5O4/c19-10-5-7(28-17(31)24-15(30)13(27-28)18(21,22)23)6-11(20)12(10)32-16-9-4-2-1-3-8(9)14(29)25-26-16/h1-6H,(H,25,29)(H,24,30,31). The Labute approximate surface area is 184 Å². The van der Waals surface area contributed by atoms with Crippen molar-refractivity contribution in [3.63, 3.8) is 0 Å². The summed E-state index contributed by atoms with van der Waals surface area (Å²) in [4.78, 5) is 36.9. The van der Waals surface area contributed by atoms with Crippen molar-refractivity contribution < 1.29 is 17.9 Å². The van der Waals surface area contributed by atoms with Crippen molar-refractivity contribution in [3.8, 4) is 17.3 Å². The van der Waals surface area contributed by atoms with E-state index in [2.05, 4.69) is 15.3 Å². The lowest BCUT2D eigenvalue weighted by molar-refractivity contribution is -0.143. The third-order valence-corrected chi connectivity index (χ3v) is 4.75. The van der Waals surface area contributed by atoms with Gasteiger partial charge in [-0.2, -0.15) is 23.0 Å². The molecule has 0 saturated heterocycles. The summed E-state index contributed by atoms with van der Waals surface area (Å²) in [6.07, 6.45) is -5.10. The molecule has 4 rings (SSSR count). The van der Waals surface area contributed by atoms with E-state index in [1.165, 1.54) is 4.98 Å². The second-order valence-corrected chi connectivity index (χ2v) is 7.08. The fourth-order valence-electron chi connectivity index (χ4n) is 2.79. The van der Waals surface area contributed by atoms with Gasteiger partial charge < -0.3 is 4.74 Å². The Kier molecular flexibility index (Phi) is 5.26. The monoisotopic (exact) mass is 485 g/mol. The molecule has 0 atom stereocenters. The van der Waals surface area contributed by atoms with Gasteiger partial charge >= 0.3 is 11.9 Å². The van der Waals surface area contributed by atoms with Gasteiger partial charge in [-0.3, -0.25) is 14.6 Å². The van der Waals surface area contributed by atoms with E-state index in [0.29, 0.717) is 10.1 Å². The number of H-pyrrole nitrogens is 2. The Morgan fingerprint density at radius 1 is 0.969 bits per heavy atom. The van der Waals surface area contributed by atoms with E-state index < -0.39 is 28.7 Å². The first-order valence-corrected chi connectivity index (χ1v) is 9.27. The van der Waals surface area contributed by atoms with Crippen LogP contribution in [-0.2, 0) is 6.18 Å². The zero-order chi connectivity index (χ0) is 23.2. The molecule has 0 bridgehead atoms. The van der Waals surface area contributed by atoms with Gasteiger partial charge in [-0.15, -0.1) is 5.10 Å². The zero-order valence-electron chi connectivity index (χ0n) is 15.3. The maximum Gasteiger partial charge on any atom is 0.440 e. The highest BCUT2D eigenvalue weighted by Crippen LogP contribution is 2.38. The molecule has 2 heterocycles. The van der Waals surface area contributed by atoms with E-state index in [4.69, 9.17) is 27.9 Å². The molecule has 0 aliphatic carbocycles. The fraction of sp³-hybridized carbons (Fsp3) is 0.0556. The molecule has 9 nitrogen and oxygen atoms in total. The molecular weight excluding hydrogens is 478 g/mol. The summed E-state index contributed by atoms with van der Waals surface area (Å²) in [7, 11) is 0. The lowest BCUT2D eigenvalue weighted by Gasteiger charge is -2.13. The summed E-state index contributed by atoms with van der Waals surface area (Å²) in [5.74, 6) is -0.189. The lowest BCUT2D eigenvalue weighted by atomic mass is 10.2. The van der Waals surface area contributed by atoms with Gasteiger partial charge in [0.15, 0.2) is 5.75 Å². The van der Waals surface area contributed by atoms with Gasteiger partial charge in [0.25, 0.3) is 11.1 Å². The van der Waals surface area contributed by atoms with Crippen LogP contribution in [0, 0.1) is 0 Å². The highest BCUT2D eigenvalue weighted by Gasteiger charge is 2.37. The molecule has 2 aromatic carbocycles. The van der Waals surface area contributed by atoms with Crippen LogP contribution in [-0.4, -0.2) is 25.0 Å². The maximum atomic E-state index is 13.0. The Bertz CT molecular complexity index is 1520. The largest absolute Gasteiger partial charge is 0.440 e. The van der Waals surface area contributed by atoms with Crippen molar-refractivity contribution in [2.24, 2.45) is 0 Å². The number of alkyl halides is 3. The molecule has 0 aliphatic heterocycles. The van der Waals surface area contributed by atoms with Crippen LogP contribution in [0.2, 0.25) is 10.0 Å². The van der Waals surface area contributed by atoms with Gasteiger partial charge in [0.1, 0.15) is 0 Å². The summed E-state index contributed by atoms with van der Waals surface area (Å²) in [5, 5.41) is 9.37. The van der Waals surface area contributed by atoms with E-state index in [0.717, 1.165) is 12.1 Å². The van der Waals surface area contributed by atoms with Crippen LogP contribution in [0.15, 0.2) is 50.8 Å². The first kappa shape index (κ1) is 21.6. The number of halogens is 5. The van der Waals surface area contributed by atoms with E-state index in [1.807, 2.05) is 0 Å². The molecule has 14 heteroatoms. The highest BCUT2D eigenvalue weighted by atomic mass is 35.5. The van der Waals surface area contributed by atoms with Crippen LogP contribution < -0.4 is 21.5 Å². The molecule has 32 heavy (non-hydrogen) atoms. The van der Waals surface area contributed by atoms with Gasteiger partial charge in [0.05, 0.1) is 26.5 Å². The highest BCUT2D eigenvalue weighted by molar-refractivity contribution is 6.37. The fourth-order valence-corrected chi connectivity index (χ4v) is 3.34. The Morgan fingerprint density at radius 2 is 1.59 bits per heavy atom. The second kappa shape index (κ2) is 7.80. The number of nitrogens with one attached hydrogen (secondary N) is 2. The summed E-state index contributed by atoms with van der Waals surface area (Å²) >= 11 is 12.4. The molecule has 4 aromatic rings. The summed E-state index contributed by atoms with van der Waals surface area (Å²) < 4.78 is 44.9. The van der Waals surface area contributed by atoms with Gasteiger partial charge in [-0.25, -0.2) is 9.89 Å². The predicted molar refractivity (Wildman–Crippen MR) is 108 cm³/mol. The Morgan fingerprint density at radius 3 is 2.22 bits per heavy atom. The quantitative estimate of drug-likeness (QED) is 0.459. The van der Waals surface area contributed by atoms with Crippen molar-refractivity contribution in [2.45, 2.75) is 6.18 Å². The Balaban J connectivity index is 1.82. The molecule has 0 radical (unpaired) electrons. The molecule has 0 spiro atoms. The van der Waals surface area contributed by atoms with Crippen molar-refractivity contribution in [1.29, 1.82) is 0 Å². The van der Waals surface area contributed by atoms with Crippen LogP contribution >= 0.6 is 23.2 Å². The molecular formula is C18H8Cl2F3N5O4. The average molecular weight is 486 g/mol. The number of aromatic amines is 2. The van der Waals surface area contributed by atoms with Crippen LogP contribution in [0.1, 0.15) is 5.69 Å². The number of aromatic nitrogens is 5. The van der Waals surface area contributed by atoms with E-state index in [-0.39, 0.29) is 32.7 Å². The molecule has 0 fully saturated rings. The van der Waals surface area contributed by atoms with Crippen molar-refractivity contribution >= 4 is 34.0 Å². The van der Waals surface area contributed by atoms with Gasteiger partial charge in [-0.1, -0.05) is 35.3 Å². The molecule has 0 amide bonds. The molecule has 164 valence electrons. The normalized spacial score (nSPS) is 11.7. The lowest BCUT2D eigenvalue weighted by Crippen LogP contribution is -2.37. The number of ether oxygens (including phenoxy) is 1. The molecule has 0 unspecified atom stereocenters. The number of nitrogens with zero attached hydrogens (tertiary/aromatic N) is 3. The zero-order valence-corrected chi connectivity index (χ0v) is 16.8. The van der Waals surface area contributed by atoms with Crippen LogP contribution in [0.4, 0.5) is 13.2 Å². The minimum atomic E-state index is -5.10. The van der Waals surface area contributed by atoms with Gasteiger partial charge in [-0.05, 0) is 24.3 Å². The number of hydrogen-bond acceptors (Lipinski definition) is 6. The van der Waals surface area contributed by atoms with Crippen molar-refractivity contribution in [3.05, 3.63) is 83.3 Å². The van der Waals surface area contributed by atoms with Crippen molar-refractivity contribution in [2.75, 3.05) is 0 Å². The first-order chi connectivity index (χ1) is 15.1. The number of hydrogen-bond donors (Lipinski definition) is 2. The van der Waals surface area contributed by atoms with Crippen LogP contribution in [0.3, 0.4) is 0 Å². The molecule has 0 saturated carbocycles. The second-order valence-electron chi connectivity index (χ2n) is 6.26. The topological polar surface area (TPSA) is 123 Å². The molecule has 0 aliphatic rings. The van der Waals surface area contributed by atoms with E-state index in [9.17, 15) is 27.6 Å². The number of rotatable bonds is 3. The number of benzene rings is 2. The van der Waals surface area contributed by atoms with E-state index in [1.54, 1.807) is 24.3 Å². The van der Waals surface area contributed by atoms with Crippen LogP contribution in [0.5, 0.6) is 11.6 Å². The smallest absolute Gasteiger partial charge is 0.434 e. The molecule has 2 N–H and O–H groups in total. The minimum Gasteiger partial charge on any atom is -0.434 e. The van der Waals surface area contributed by atoms with E-state index >= 15 is 0 Å². The third-order valence-electron chi connectivity index (χ3n) is 4.18. The Hall–Kier alpha value is -3.64. The van der Waals surface area contributed by atoms with Crippen LogP contribution in [0.25, 0.3) is 16.5 Å². The van der Waals surface area contributed by atoms with Gasteiger partial charge in [0, 0.05) is 0 Å². The number of fused-ring (bicyclic) bond motifs is 1. The summed E-state index contributed by atoms with van der Waals surface area (Å²) in [5.41, 5.74) is -5.47. The van der Waals surface area contributed by atoms with Gasteiger partial charge in [0.2, 0.25) is 11.6 Å². The summed E-state index contributed by atoms with van der Waals surface area (Å²) in [6.45, 7) is 0. The third kappa shape index (κ3) is 3.85. The molecule has 2 aromatic heterocycles. The first-order valence-electron chi connectivity index (χ1n) is 8.52. The van der Waals surface area contributed by atoms with Crippen molar-refractivity contribution in [1.82, 2.24) is 25.0 Å². The SMILES string of the molecule is O=c1[nH]c(=O)n(-c2cc(Cl)c(Oc3n[nH]c(=O)c4ccccc34)c(Cl)c2)nc1C(F)(F)F.